The highest BCUT2D eigenvalue weighted by Gasteiger charge is 2.50. The summed E-state index contributed by atoms with van der Waals surface area (Å²) >= 11 is 0. The third-order valence-corrected chi connectivity index (χ3v) is 26.5. The number of aryl methyl sites for hydroxylation is 20. The van der Waals surface area contributed by atoms with E-state index in [1.165, 1.54) is 0 Å². The van der Waals surface area contributed by atoms with Crippen molar-refractivity contribution in [3.8, 4) is 63.2 Å². The lowest BCUT2D eigenvalue weighted by molar-refractivity contribution is -0.140. The fourth-order valence-corrected chi connectivity index (χ4v) is 19.7. The topological polar surface area (TPSA) is 301 Å². The second-order valence-corrected chi connectivity index (χ2v) is 35.4. The normalized spacial score (nSPS) is 14.7. The Balaban J connectivity index is 1.21. The Morgan fingerprint density at radius 3 is 0.702 bits per heavy atom. The molecule has 0 saturated heterocycles. The van der Waals surface area contributed by atoms with E-state index in [9.17, 15) is 70.6 Å². The highest BCUT2D eigenvalue weighted by Crippen LogP contribution is 2.60. The van der Waals surface area contributed by atoms with Gasteiger partial charge >= 0.3 is 18.1 Å². The summed E-state index contributed by atoms with van der Waals surface area (Å²) in [5.41, 5.74) is 22.9. The summed E-state index contributed by atoms with van der Waals surface area (Å²) in [6.07, 6.45) is -0.399. The maximum absolute atomic E-state index is 13.7. The van der Waals surface area contributed by atoms with Crippen molar-refractivity contribution in [1.29, 1.82) is 0 Å². The molecule has 1 aliphatic carbocycles. The van der Waals surface area contributed by atoms with Crippen molar-refractivity contribution in [2.24, 2.45) is 0 Å². The molecule has 0 unspecified atom stereocenters. The molecule has 0 aromatic heterocycles. The first-order valence-electron chi connectivity index (χ1n) is 42.0. The maximum atomic E-state index is 13.7. The van der Waals surface area contributed by atoms with Gasteiger partial charge in [-0.1, -0.05) is 109 Å². The summed E-state index contributed by atoms with van der Waals surface area (Å²) in [4.78, 5) is 39.9. The fourth-order valence-electron chi connectivity index (χ4n) is 19.7. The van der Waals surface area contributed by atoms with Gasteiger partial charge in [-0.3, -0.25) is 0 Å². The van der Waals surface area contributed by atoms with Crippen molar-refractivity contribution in [1.82, 2.24) is 0 Å². The molecule has 1 fully saturated rings. The van der Waals surface area contributed by atoms with Gasteiger partial charge in [-0.2, -0.15) is 0 Å². The molecule has 0 heterocycles. The van der Waals surface area contributed by atoms with Crippen molar-refractivity contribution in [3.63, 3.8) is 0 Å². The van der Waals surface area contributed by atoms with Crippen LogP contribution in [0.3, 0.4) is 0 Å². The van der Waals surface area contributed by atoms with Crippen LogP contribution in [0.1, 0.15) is 250 Å². The summed E-state index contributed by atoms with van der Waals surface area (Å²) < 4.78 is 19.5. The lowest BCUT2D eigenvalue weighted by Crippen LogP contribution is -2.42. The van der Waals surface area contributed by atoms with Gasteiger partial charge in [-0.05, 0) is 391 Å². The molecule has 1 saturated carbocycles. The van der Waals surface area contributed by atoms with Crippen LogP contribution in [0.25, 0.3) is 0 Å². The first-order valence-corrected chi connectivity index (χ1v) is 42.0. The van der Waals surface area contributed by atoms with Crippen molar-refractivity contribution >= 4 is 18.1 Å². The first kappa shape index (κ1) is 88.6. The van der Waals surface area contributed by atoms with Crippen LogP contribution in [0.15, 0.2) is 152 Å². The van der Waals surface area contributed by atoms with Gasteiger partial charge in [0.15, 0.2) is 13.2 Å². The van der Waals surface area contributed by atoms with E-state index in [4.69, 9.17) is 14.2 Å². The molecular weight excluding hydrogens is 1560 g/mol. The molecule has 0 spiro atoms. The Morgan fingerprint density at radius 2 is 0.468 bits per heavy atom. The minimum Gasteiger partial charge on any atom is -0.508 e. The third kappa shape index (κ3) is 16.8. The number of aromatic hydroxyl groups is 8. The van der Waals surface area contributed by atoms with Crippen LogP contribution in [0.2, 0.25) is 0 Å². The molecule has 12 aromatic rings. The van der Waals surface area contributed by atoms with Crippen LogP contribution < -0.4 is 14.2 Å². The number of benzene rings is 12. The number of carboxylic acids is 2. The second kappa shape index (κ2) is 34.3. The zero-order chi connectivity index (χ0) is 90.2. The molecule has 0 bridgehead atoms. The van der Waals surface area contributed by atoms with Gasteiger partial charge in [0.1, 0.15) is 63.2 Å². The summed E-state index contributed by atoms with van der Waals surface area (Å²) in [7, 11) is 0. The predicted octanol–water partition coefficient (Wildman–Crippen LogP) is 23.1. The van der Waals surface area contributed by atoms with Gasteiger partial charge in [0, 0.05) is 51.2 Å². The third-order valence-electron chi connectivity index (χ3n) is 26.5. The largest absolute Gasteiger partial charge is 0.511 e. The number of ether oxygens (including phenoxy) is 3. The van der Waals surface area contributed by atoms with Crippen molar-refractivity contribution in [3.05, 3.63) is 352 Å². The minimum absolute atomic E-state index is 0.0505. The lowest BCUT2D eigenvalue weighted by atomic mass is 9.54. The molecule has 642 valence electrons. The highest BCUT2D eigenvalue weighted by atomic mass is 16.7. The Bertz CT molecular complexity index is 6120. The molecule has 0 amide bonds. The van der Waals surface area contributed by atoms with Gasteiger partial charge < -0.3 is 70.4 Å². The number of hydrogen-bond donors (Lipinski definition) is 11. The fraction of sp³-hybridized carbons (Fsp3) is 0.299. The molecule has 0 aliphatic heterocycles. The Morgan fingerprint density at radius 1 is 0.250 bits per heavy atom. The monoisotopic (exact) mass is 1670 g/mol. The summed E-state index contributed by atoms with van der Waals surface area (Å²) in [5.74, 6) is -4.00. The van der Waals surface area contributed by atoms with Gasteiger partial charge in [-0.15, -0.1) is 0 Å². The molecule has 124 heavy (non-hydrogen) atoms. The van der Waals surface area contributed by atoms with E-state index in [1.54, 1.807) is 62.4 Å². The van der Waals surface area contributed by atoms with E-state index in [0.29, 0.717) is 130 Å². The van der Waals surface area contributed by atoms with Gasteiger partial charge in [0.2, 0.25) is 0 Å². The van der Waals surface area contributed by atoms with Gasteiger partial charge in [-0.25, -0.2) is 14.4 Å². The van der Waals surface area contributed by atoms with E-state index in [0.717, 1.165) is 89.0 Å². The van der Waals surface area contributed by atoms with E-state index < -0.39 is 65.8 Å². The quantitative estimate of drug-likeness (QED) is 0.0161. The smallest absolute Gasteiger partial charge is 0.508 e. The second-order valence-electron chi connectivity index (χ2n) is 35.4. The van der Waals surface area contributed by atoms with Crippen LogP contribution >= 0.6 is 0 Å². The number of hydrogen-bond acceptors (Lipinski definition) is 14. The highest BCUT2D eigenvalue weighted by molar-refractivity contribution is 5.73. The molecule has 0 atom stereocenters. The lowest BCUT2D eigenvalue weighted by Gasteiger charge is -2.49. The molecule has 11 N–H and O–H groups in total. The molecule has 17 nitrogen and oxygen atoms in total. The number of phenolic OH excluding ortho intramolecular Hbond substituents is 8. The summed E-state index contributed by atoms with van der Waals surface area (Å²) in [6, 6.07) is 48.7. The Kier molecular flexibility index (Phi) is 24.5. The van der Waals surface area contributed by atoms with Crippen molar-refractivity contribution in [2.45, 2.75) is 199 Å². The summed E-state index contributed by atoms with van der Waals surface area (Å²) in [6.45, 7) is 36.4. The SMILES string of the molecule is Cc1cc(C(c2cc(C)c(O)cc2C)c2cc(C)c(O)cc2C)cc(C2(c3cc(C)c(OCC(=O)O)c(C(c4cc(C)c(O)cc4C)c4cc(C)c(O)cc4C)c3)CCC(c3cc(C)c(OCC(=O)O)c(C(c4cc(C)c(O)cc4C)c4cc(C)c(O)cc4C)c3)(c3cc(C)c(OC(=O)O)c(C(c4cc(C)c(O)cc4C)c4cc(C)c(O)cc4C)c3)CC2)c1. The average Bonchev–Trinajstić information content (AvgIpc) is 0.712. The first-order chi connectivity index (χ1) is 58.4. The molecule has 12 aromatic carbocycles. The molecule has 1 aliphatic rings. The average molecular weight is 1670 g/mol. The predicted molar refractivity (Wildman–Crippen MR) is 484 cm³/mol. The number of rotatable bonds is 23. The number of carboxylic acid groups (broad SMARTS) is 3. The van der Waals surface area contributed by atoms with Crippen LogP contribution in [-0.4, -0.2) is 87.5 Å². The van der Waals surface area contributed by atoms with Crippen LogP contribution in [0.4, 0.5) is 4.79 Å². The van der Waals surface area contributed by atoms with Crippen LogP contribution in [0, 0.1) is 138 Å². The Labute approximate surface area is 725 Å². The Hall–Kier alpha value is -13.2. The maximum Gasteiger partial charge on any atom is 0.511 e. The van der Waals surface area contributed by atoms with Crippen molar-refractivity contribution in [2.75, 3.05) is 13.2 Å². The van der Waals surface area contributed by atoms with Gasteiger partial charge in [0.05, 0.1) is 0 Å². The molecule has 13 rings (SSSR count). The van der Waals surface area contributed by atoms with Crippen LogP contribution in [0.5, 0.6) is 63.2 Å². The van der Waals surface area contributed by atoms with Crippen molar-refractivity contribution < 1.29 is 84.8 Å². The zero-order valence-corrected chi connectivity index (χ0v) is 74.4. The van der Waals surface area contributed by atoms with Crippen LogP contribution in [-0.2, 0) is 20.4 Å². The van der Waals surface area contributed by atoms with E-state index in [1.807, 2.05) is 172 Å². The number of aliphatic carboxylic acids is 2. The molecule has 17 heteroatoms. The van der Waals surface area contributed by atoms with E-state index >= 15 is 0 Å². The number of phenols is 8. The zero-order valence-electron chi connectivity index (χ0n) is 74.4. The molecule has 0 radical (unpaired) electrons. The van der Waals surface area contributed by atoms with E-state index in [-0.39, 0.29) is 70.3 Å². The standard InChI is InChI=1S/C107H112O17/c1-52-25-72(98(77-30-61(10)88(108)38-53(77)2)78-31-62(11)89(109)39-54(78)3)46-73(26-52)106(74-27-69(18)102(122-50-96(116)117)85(47-74)99(79-32-63(12)90(110)40-55(79)4)80-33-64(13)91(111)41-56(80)5)21-23-107(24-22-106,76-29-71(20)104(124-105(120)121)87(49-76)101(83-36-67(16)94(114)44-59(83)8)84-37-68(17)95(115)45-60(84)9)75-28-70(19)103(123-51-97(118)119)86(48-75)100(81-34-65(14)92(112)42-57(81)6)82-35-66(15)93(113)43-58(82)7/h25-49,98-101,108-115H,21-24,50-51H2,1-20H3,(H,116,117)(H,118,119)(H,120,121). The summed E-state index contributed by atoms with van der Waals surface area (Å²) in [5, 5.41) is 125. The molecular formula is C107H112O17. The minimum atomic E-state index is -1.57. The van der Waals surface area contributed by atoms with Gasteiger partial charge in [0.25, 0.3) is 0 Å². The van der Waals surface area contributed by atoms with E-state index in [2.05, 4.69) is 55.5 Å². The number of carbonyl (C=O) groups is 3.